The first-order valence-electron chi connectivity index (χ1n) is 6.46. The van der Waals surface area contributed by atoms with Crippen molar-refractivity contribution in [2.24, 2.45) is 11.3 Å². The Morgan fingerprint density at radius 1 is 1.18 bits per heavy atom. The van der Waals surface area contributed by atoms with Gasteiger partial charge < -0.3 is 4.74 Å². The number of rotatable bonds is 0. The van der Waals surface area contributed by atoms with Gasteiger partial charge >= 0.3 is 0 Å². The summed E-state index contributed by atoms with van der Waals surface area (Å²) in [4.78, 5) is 0. The molecule has 1 aromatic rings. The maximum atomic E-state index is 6.31. The number of ether oxygens (including phenoxy) is 1. The molecule has 0 fully saturated rings. The fourth-order valence-electron chi connectivity index (χ4n) is 3.48. The fraction of sp³-hybridized carbons (Fsp3) is 0.500. The Kier molecular flexibility index (Phi) is 2.16. The van der Waals surface area contributed by atoms with E-state index >= 15 is 0 Å². The van der Waals surface area contributed by atoms with Gasteiger partial charge in [-0.05, 0) is 30.4 Å². The van der Waals surface area contributed by atoms with E-state index in [0.717, 1.165) is 18.6 Å². The summed E-state index contributed by atoms with van der Waals surface area (Å²) in [5, 5.41) is 0. The Morgan fingerprint density at radius 2 is 1.94 bits per heavy atom. The normalized spacial score (nSPS) is 33.5. The van der Waals surface area contributed by atoms with Crippen molar-refractivity contribution in [1.29, 1.82) is 0 Å². The van der Waals surface area contributed by atoms with Crippen LogP contribution >= 0.6 is 0 Å². The Bertz CT molecular complexity index is 472. The topological polar surface area (TPSA) is 9.23 Å². The Labute approximate surface area is 103 Å². The monoisotopic (exact) mass is 228 g/mol. The van der Waals surface area contributed by atoms with E-state index in [1.165, 1.54) is 5.56 Å². The van der Waals surface area contributed by atoms with Crippen LogP contribution in [0.25, 0.3) is 0 Å². The molecule has 1 aliphatic carbocycles. The van der Waals surface area contributed by atoms with Crippen molar-refractivity contribution in [3.63, 3.8) is 0 Å². The second-order valence-electron chi connectivity index (χ2n) is 6.21. The second-order valence-corrected chi connectivity index (χ2v) is 6.21. The molecule has 0 bridgehead atoms. The Hall–Kier alpha value is -1.24. The van der Waals surface area contributed by atoms with E-state index in [4.69, 9.17) is 4.74 Å². The van der Waals surface area contributed by atoms with Crippen molar-refractivity contribution in [3.05, 3.63) is 42.0 Å². The van der Waals surface area contributed by atoms with Gasteiger partial charge in [0, 0.05) is 12.3 Å². The van der Waals surface area contributed by atoms with E-state index in [0.29, 0.717) is 5.92 Å². The minimum Gasteiger partial charge on any atom is -0.487 e. The average molecular weight is 228 g/mol. The lowest BCUT2D eigenvalue weighted by atomic mass is 9.62. The molecule has 1 aromatic carbocycles. The van der Waals surface area contributed by atoms with Gasteiger partial charge in [0.15, 0.2) is 0 Å². The van der Waals surface area contributed by atoms with E-state index in [1.54, 1.807) is 0 Å². The smallest absolute Gasteiger partial charge is 0.123 e. The standard InChI is InChI=1S/C16H20O/c1-15(2)9-6-10-16(3)14(15)11-12-7-4-5-8-13(12)17-16/h4-9,14H,10-11H2,1-3H3. The summed E-state index contributed by atoms with van der Waals surface area (Å²) in [6.45, 7) is 6.91. The van der Waals surface area contributed by atoms with Crippen LogP contribution in [0.3, 0.4) is 0 Å². The van der Waals surface area contributed by atoms with Crippen molar-refractivity contribution in [2.45, 2.75) is 39.2 Å². The van der Waals surface area contributed by atoms with E-state index in [9.17, 15) is 0 Å². The van der Waals surface area contributed by atoms with Crippen molar-refractivity contribution in [2.75, 3.05) is 0 Å². The maximum absolute atomic E-state index is 6.31. The number of hydrogen-bond acceptors (Lipinski definition) is 1. The molecule has 1 heterocycles. The maximum Gasteiger partial charge on any atom is 0.123 e. The highest BCUT2D eigenvalue weighted by Crippen LogP contribution is 2.50. The summed E-state index contributed by atoms with van der Waals surface area (Å²) in [6.07, 6.45) is 6.79. The van der Waals surface area contributed by atoms with Crippen molar-refractivity contribution >= 4 is 0 Å². The molecule has 90 valence electrons. The number of fused-ring (bicyclic) bond motifs is 2. The number of hydrogen-bond donors (Lipinski definition) is 0. The molecule has 2 aliphatic rings. The number of para-hydroxylation sites is 1. The molecule has 0 amide bonds. The lowest BCUT2D eigenvalue weighted by Crippen LogP contribution is -2.52. The molecule has 1 aliphatic heterocycles. The van der Waals surface area contributed by atoms with Crippen LogP contribution in [0.4, 0.5) is 0 Å². The third-order valence-electron chi connectivity index (χ3n) is 4.45. The van der Waals surface area contributed by atoms with Crippen LogP contribution < -0.4 is 4.74 Å². The summed E-state index contributed by atoms with van der Waals surface area (Å²) in [6, 6.07) is 8.47. The third kappa shape index (κ3) is 1.60. The van der Waals surface area contributed by atoms with Gasteiger partial charge in [-0.25, -0.2) is 0 Å². The second kappa shape index (κ2) is 3.38. The lowest BCUT2D eigenvalue weighted by molar-refractivity contribution is -0.0363. The van der Waals surface area contributed by atoms with Crippen LogP contribution in [0.1, 0.15) is 32.8 Å². The molecule has 0 radical (unpaired) electrons. The first kappa shape index (κ1) is 10.9. The van der Waals surface area contributed by atoms with Gasteiger partial charge in [-0.15, -0.1) is 0 Å². The predicted octanol–water partition coefficient (Wildman–Crippen LogP) is 3.98. The molecule has 0 saturated heterocycles. The molecule has 1 nitrogen and oxygen atoms in total. The zero-order valence-electron chi connectivity index (χ0n) is 10.9. The van der Waals surface area contributed by atoms with Gasteiger partial charge in [0.2, 0.25) is 0 Å². The van der Waals surface area contributed by atoms with E-state index in [1.807, 2.05) is 0 Å². The van der Waals surface area contributed by atoms with Crippen LogP contribution in [0.2, 0.25) is 0 Å². The third-order valence-corrected chi connectivity index (χ3v) is 4.45. The summed E-state index contributed by atoms with van der Waals surface area (Å²) >= 11 is 0. The van der Waals surface area contributed by atoms with Gasteiger partial charge in [0.25, 0.3) is 0 Å². The largest absolute Gasteiger partial charge is 0.487 e. The van der Waals surface area contributed by atoms with Gasteiger partial charge in [0.1, 0.15) is 11.4 Å². The Morgan fingerprint density at radius 3 is 2.76 bits per heavy atom. The highest BCUT2D eigenvalue weighted by atomic mass is 16.5. The summed E-state index contributed by atoms with van der Waals surface area (Å²) < 4.78 is 6.31. The van der Waals surface area contributed by atoms with Gasteiger partial charge in [0.05, 0.1) is 0 Å². The molecule has 2 atom stereocenters. The zero-order chi connectivity index (χ0) is 12.1. The molecule has 1 heteroatoms. The van der Waals surface area contributed by atoms with E-state index in [-0.39, 0.29) is 11.0 Å². The molecule has 0 saturated carbocycles. The molecule has 17 heavy (non-hydrogen) atoms. The van der Waals surface area contributed by atoms with E-state index in [2.05, 4.69) is 57.2 Å². The highest BCUT2D eigenvalue weighted by molar-refractivity contribution is 5.38. The van der Waals surface area contributed by atoms with Crippen molar-refractivity contribution in [1.82, 2.24) is 0 Å². The van der Waals surface area contributed by atoms with Gasteiger partial charge in [-0.1, -0.05) is 44.2 Å². The zero-order valence-corrected chi connectivity index (χ0v) is 10.9. The molecule has 0 N–H and O–H groups in total. The first-order valence-corrected chi connectivity index (χ1v) is 6.46. The van der Waals surface area contributed by atoms with Crippen molar-refractivity contribution in [3.8, 4) is 5.75 Å². The summed E-state index contributed by atoms with van der Waals surface area (Å²) in [7, 11) is 0. The summed E-state index contributed by atoms with van der Waals surface area (Å²) in [5.41, 5.74) is 1.55. The van der Waals surface area contributed by atoms with E-state index < -0.39 is 0 Å². The molecule has 0 spiro atoms. The van der Waals surface area contributed by atoms with Crippen LogP contribution in [0.15, 0.2) is 36.4 Å². The average Bonchev–Trinajstić information content (AvgIpc) is 2.26. The van der Waals surface area contributed by atoms with Crippen LogP contribution in [-0.2, 0) is 6.42 Å². The molecular formula is C16H20O. The van der Waals surface area contributed by atoms with Crippen molar-refractivity contribution < 1.29 is 4.74 Å². The first-order chi connectivity index (χ1) is 8.01. The molecule has 3 rings (SSSR count). The van der Waals surface area contributed by atoms with Crippen LogP contribution in [0.5, 0.6) is 5.75 Å². The predicted molar refractivity (Wildman–Crippen MR) is 70.2 cm³/mol. The lowest BCUT2D eigenvalue weighted by Gasteiger charge is -2.50. The number of benzene rings is 1. The Balaban J connectivity index is 2.07. The molecular weight excluding hydrogens is 208 g/mol. The van der Waals surface area contributed by atoms with Crippen LogP contribution in [0, 0.1) is 11.3 Å². The highest BCUT2D eigenvalue weighted by Gasteiger charge is 2.48. The molecule has 0 aromatic heterocycles. The number of allylic oxidation sites excluding steroid dienone is 1. The van der Waals surface area contributed by atoms with Gasteiger partial charge in [-0.2, -0.15) is 0 Å². The van der Waals surface area contributed by atoms with Crippen LogP contribution in [-0.4, -0.2) is 5.60 Å². The SMILES string of the molecule is CC1(C)C=CCC2(C)Oc3ccccc3CC12. The summed E-state index contributed by atoms with van der Waals surface area (Å²) in [5.74, 6) is 1.65. The quantitative estimate of drug-likeness (QED) is 0.610. The fourth-order valence-corrected chi connectivity index (χ4v) is 3.48. The van der Waals surface area contributed by atoms with Gasteiger partial charge in [-0.3, -0.25) is 0 Å². The minimum absolute atomic E-state index is 0.0351. The molecule has 2 unspecified atom stereocenters. The minimum atomic E-state index is -0.0351.